The maximum Gasteiger partial charge on any atom is 0.401 e. The van der Waals surface area contributed by atoms with Gasteiger partial charge in [0.15, 0.2) is 0 Å². The van der Waals surface area contributed by atoms with Crippen LogP contribution in [-0.4, -0.2) is 58.6 Å². The molecule has 1 rings (SSSR count). The van der Waals surface area contributed by atoms with Crippen molar-refractivity contribution in [3.63, 3.8) is 0 Å². The predicted molar refractivity (Wildman–Crippen MR) is 111 cm³/mol. The summed E-state index contributed by atoms with van der Waals surface area (Å²) in [6.45, 7) is 8.62. The van der Waals surface area contributed by atoms with Gasteiger partial charge in [-0.1, -0.05) is 0 Å². The second-order valence-corrected chi connectivity index (χ2v) is 9.36. The molecule has 0 atom stereocenters. The molecule has 0 aliphatic heterocycles. The zero-order valence-corrected chi connectivity index (χ0v) is 19.3. The third kappa shape index (κ3) is 7.55. The van der Waals surface area contributed by atoms with Gasteiger partial charge in [0.2, 0.25) is 15.9 Å². The highest BCUT2D eigenvalue weighted by Crippen LogP contribution is 2.29. The molecule has 0 unspecified atom stereocenters. The van der Waals surface area contributed by atoms with Crippen molar-refractivity contribution in [2.45, 2.75) is 58.5 Å². The molecule has 0 radical (unpaired) electrons. The molecular weight excluding hydrogens is 419 g/mol. The first-order valence-electron chi connectivity index (χ1n) is 9.76. The van der Waals surface area contributed by atoms with Crippen LogP contribution in [0, 0.1) is 34.6 Å². The number of halogens is 3. The Morgan fingerprint density at radius 2 is 1.43 bits per heavy atom. The smallest absolute Gasteiger partial charge is 0.356 e. The van der Waals surface area contributed by atoms with Crippen LogP contribution in [0.2, 0.25) is 0 Å². The number of carbonyl (C=O) groups excluding carboxylic acids is 1. The Kier molecular flexibility index (Phi) is 9.31. The van der Waals surface area contributed by atoms with E-state index in [4.69, 9.17) is 0 Å². The number of alkyl halides is 3. The molecule has 1 aromatic carbocycles. The maximum absolute atomic E-state index is 12.8. The molecule has 1 aromatic rings. The molecule has 0 heterocycles. The third-order valence-electron chi connectivity index (χ3n) is 5.33. The fourth-order valence-corrected chi connectivity index (χ4v) is 4.92. The molecule has 0 saturated carbocycles. The maximum atomic E-state index is 12.8. The number of benzene rings is 1. The molecule has 10 heteroatoms. The molecule has 172 valence electrons. The second kappa shape index (κ2) is 10.6. The van der Waals surface area contributed by atoms with E-state index in [0.29, 0.717) is 17.5 Å². The van der Waals surface area contributed by atoms with E-state index in [1.54, 1.807) is 13.8 Å². The molecule has 0 aliphatic rings. The Labute approximate surface area is 177 Å². The summed E-state index contributed by atoms with van der Waals surface area (Å²) < 4.78 is 64.8. The first kappa shape index (κ1) is 26.4. The molecular formula is C20H32F3N3O3S. The number of sulfonamides is 1. The lowest BCUT2D eigenvalue weighted by atomic mass is 9.95. The van der Waals surface area contributed by atoms with Gasteiger partial charge in [-0.25, -0.2) is 13.1 Å². The van der Waals surface area contributed by atoms with E-state index in [1.165, 1.54) is 7.05 Å². The monoisotopic (exact) mass is 451 g/mol. The lowest BCUT2D eigenvalue weighted by molar-refractivity contribution is -0.143. The highest BCUT2D eigenvalue weighted by Gasteiger charge is 2.28. The summed E-state index contributed by atoms with van der Waals surface area (Å²) in [5, 5.41) is 2.59. The summed E-state index contributed by atoms with van der Waals surface area (Å²) in [5.41, 5.74) is 4.29. The van der Waals surface area contributed by atoms with Crippen LogP contribution in [0.3, 0.4) is 0 Å². The van der Waals surface area contributed by atoms with Crippen molar-refractivity contribution in [3.05, 3.63) is 27.8 Å². The van der Waals surface area contributed by atoms with Gasteiger partial charge in [-0.2, -0.15) is 13.2 Å². The molecule has 0 bridgehead atoms. The summed E-state index contributed by atoms with van der Waals surface area (Å²) in [5.74, 6) is -0.360. The Balaban J connectivity index is 2.53. The highest BCUT2D eigenvalue weighted by molar-refractivity contribution is 7.89. The Bertz CT molecular complexity index is 839. The van der Waals surface area contributed by atoms with Crippen LogP contribution < -0.4 is 10.0 Å². The van der Waals surface area contributed by atoms with Gasteiger partial charge in [0.1, 0.15) is 0 Å². The van der Waals surface area contributed by atoms with Crippen LogP contribution in [0.4, 0.5) is 13.2 Å². The van der Waals surface area contributed by atoms with Crippen molar-refractivity contribution >= 4 is 15.9 Å². The number of hydrogen-bond acceptors (Lipinski definition) is 4. The lowest BCUT2D eigenvalue weighted by Gasteiger charge is -2.19. The topological polar surface area (TPSA) is 78.5 Å². The number of nitrogens with one attached hydrogen (secondary N) is 2. The fourth-order valence-electron chi connectivity index (χ4n) is 3.29. The van der Waals surface area contributed by atoms with Crippen LogP contribution in [-0.2, 0) is 14.8 Å². The van der Waals surface area contributed by atoms with Crippen molar-refractivity contribution in [1.82, 2.24) is 14.9 Å². The molecule has 2 N–H and O–H groups in total. The Morgan fingerprint density at radius 1 is 0.933 bits per heavy atom. The lowest BCUT2D eigenvalue weighted by Crippen LogP contribution is -2.35. The minimum Gasteiger partial charge on any atom is -0.356 e. The van der Waals surface area contributed by atoms with Gasteiger partial charge in [0.25, 0.3) is 0 Å². The molecule has 6 nitrogen and oxygen atoms in total. The van der Waals surface area contributed by atoms with E-state index in [2.05, 4.69) is 10.0 Å². The zero-order valence-electron chi connectivity index (χ0n) is 18.5. The van der Waals surface area contributed by atoms with Crippen LogP contribution in [0.5, 0.6) is 0 Å². The van der Waals surface area contributed by atoms with Crippen molar-refractivity contribution in [3.8, 4) is 0 Å². The largest absolute Gasteiger partial charge is 0.401 e. The number of nitrogens with zero attached hydrogens (tertiary/aromatic N) is 1. The molecule has 1 amide bonds. The first-order chi connectivity index (χ1) is 13.7. The van der Waals surface area contributed by atoms with E-state index in [-0.39, 0.29) is 36.9 Å². The summed E-state index contributed by atoms with van der Waals surface area (Å²) in [4.78, 5) is 13.3. The summed E-state index contributed by atoms with van der Waals surface area (Å²) in [6.07, 6.45) is -3.94. The Morgan fingerprint density at radius 3 is 1.93 bits per heavy atom. The second-order valence-electron chi connectivity index (χ2n) is 7.66. The van der Waals surface area contributed by atoms with Crippen molar-refractivity contribution in [2.24, 2.45) is 0 Å². The third-order valence-corrected chi connectivity index (χ3v) is 7.07. The number of hydrogen-bond donors (Lipinski definition) is 2. The van der Waals surface area contributed by atoms with Gasteiger partial charge in [-0.05, 0) is 82.4 Å². The average molecular weight is 452 g/mol. The number of rotatable bonds is 10. The SMILES string of the molecule is Cc1c(C)c(C)c(S(=O)(=O)NCCC(=O)NCCCN(C)CC(F)(F)F)c(C)c1C. The summed E-state index contributed by atoms with van der Waals surface area (Å²) >= 11 is 0. The molecule has 0 aliphatic carbocycles. The Hall–Kier alpha value is -1.65. The quantitative estimate of drug-likeness (QED) is 0.536. The van der Waals surface area contributed by atoms with Gasteiger partial charge in [-0.3, -0.25) is 9.69 Å². The van der Waals surface area contributed by atoms with Gasteiger partial charge in [0.05, 0.1) is 11.4 Å². The van der Waals surface area contributed by atoms with Gasteiger partial charge in [-0.15, -0.1) is 0 Å². The minimum atomic E-state index is -4.25. The minimum absolute atomic E-state index is 0.0560. The zero-order chi connectivity index (χ0) is 23.3. The van der Waals surface area contributed by atoms with Crippen molar-refractivity contribution in [2.75, 3.05) is 33.2 Å². The van der Waals surface area contributed by atoms with E-state index in [9.17, 15) is 26.4 Å². The summed E-state index contributed by atoms with van der Waals surface area (Å²) in [7, 11) is -2.41. The molecule has 0 fully saturated rings. The number of amides is 1. The summed E-state index contributed by atoms with van der Waals surface area (Å²) in [6, 6.07) is 0. The molecule has 0 aromatic heterocycles. The molecule has 0 spiro atoms. The van der Waals surface area contributed by atoms with E-state index in [1.807, 2.05) is 20.8 Å². The van der Waals surface area contributed by atoms with Gasteiger partial charge in [0, 0.05) is 19.5 Å². The van der Waals surface area contributed by atoms with Gasteiger partial charge >= 0.3 is 6.18 Å². The average Bonchev–Trinajstić information content (AvgIpc) is 2.60. The van der Waals surface area contributed by atoms with Crippen molar-refractivity contribution < 1.29 is 26.4 Å². The van der Waals surface area contributed by atoms with Crippen LogP contribution in [0.25, 0.3) is 0 Å². The first-order valence-corrected chi connectivity index (χ1v) is 11.2. The standard InChI is InChI=1S/C20H32F3N3O3S/c1-13-14(2)16(4)19(17(5)15(13)3)30(28,29)25-10-8-18(27)24-9-7-11-26(6)12-20(21,22)23/h25H,7-12H2,1-6H3,(H,24,27). The normalized spacial score (nSPS) is 12.5. The van der Waals surface area contributed by atoms with Crippen LogP contribution in [0.1, 0.15) is 40.7 Å². The highest BCUT2D eigenvalue weighted by atomic mass is 32.2. The van der Waals surface area contributed by atoms with E-state index in [0.717, 1.165) is 21.6 Å². The van der Waals surface area contributed by atoms with E-state index >= 15 is 0 Å². The van der Waals surface area contributed by atoms with Crippen LogP contribution in [0.15, 0.2) is 4.90 Å². The van der Waals surface area contributed by atoms with Crippen molar-refractivity contribution in [1.29, 1.82) is 0 Å². The van der Waals surface area contributed by atoms with Gasteiger partial charge < -0.3 is 5.32 Å². The van der Waals surface area contributed by atoms with E-state index < -0.39 is 22.7 Å². The molecule has 0 saturated heterocycles. The predicted octanol–water partition coefficient (Wildman–Crippen LogP) is 2.90. The molecule has 30 heavy (non-hydrogen) atoms. The fraction of sp³-hybridized carbons (Fsp3) is 0.650. The van der Waals surface area contributed by atoms with Crippen LogP contribution >= 0.6 is 0 Å². The number of carbonyl (C=O) groups is 1.